The summed E-state index contributed by atoms with van der Waals surface area (Å²) in [4.78, 5) is 10.6. The molecule has 5 heteroatoms. The third-order valence-corrected chi connectivity index (χ3v) is 2.94. The Morgan fingerprint density at radius 2 is 2.00 bits per heavy atom. The SMILES string of the molecule is O=C(O)c1cc(C(I)I)ccc1O. The van der Waals surface area contributed by atoms with Gasteiger partial charge in [0.2, 0.25) is 0 Å². The highest BCUT2D eigenvalue weighted by Crippen LogP contribution is 2.32. The molecule has 3 nitrogen and oxygen atoms in total. The van der Waals surface area contributed by atoms with Crippen molar-refractivity contribution in [1.29, 1.82) is 0 Å². The number of hydrogen-bond acceptors (Lipinski definition) is 2. The number of aromatic hydroxyl groups is 1. The van der Waals surface area contributed by atoms with Crippen LogP contribution in [0.1, 0.15) is 17.9 Å². The second kappa shape index (κ2) is 4.45. The van der Waals surface area contributed by atoms with E-state index in [4.69, 9.17) is 5.11 Å². The van der Waals surface area contributed by atoms with E-state index in [0.29, 0.717) is 0 Å². The summed E-state index contributed by atoms with van der Waals surface area (Å²) in [6, 6.07) is 4.61. The predicted octanol–water partition coefficient (Wildman–Crippen LogP) is 2.96. The molecule has 2 N–H and O–H groups in total. The molecule has 0 aliphatic heterocycles. The van der Waals surface area contributed by atoms with Crippen LogP contribution in [-0.2, 0) is 0 Å². The van der Waals surface area contributed by atoms with Crippen LogP contribution >= 0.6 is 45.2 Å². The van der Waals surface area contributed by atoms with Gasteiger partial charge in [-0.25, -0.2) is 4.79 Å². The van der Waals surface area contributed by atoms with Crippen molar-refractivity contribution < 1.29 is 15.0 Å². The van der Waals surface area contributed by atoms with E-state index >= 15 is 0 Å². The summed E-state index contributed by atoms with van der Waals surface area (Å²) in [5, 5.41) is 17.9. The minimum Gasteiger partial charge on any atom is -0.507 e. The molecule has 0 saturated carbocycles. The zero-order valence-electron chi connectivity index (χ0n) is 6.37. The van der Waals surface area contributed by atoms with Crippen LogP contribution in [0.25, 0.3) is 0 Å². The molecule has 0 aromatic heterocycles. The van der Waals surface area contributed by atoms with E-state index in [-0.39, 0.29) is 13.2 Å². The third-order valence-electron chi connectivity index (χ3n) is 1.50. The molecule has 0 heterocycles. The molecule has 0 unspecified atom stereocenters. The summed E-state index contributed by atoms with van der Waals surface area (Å²) in [5.41, 5.74) is 0.840. The number of phenols is 1. The zero-order chi connectivity index (χ0) is 10.0. The lowest BCUT2D eigenvalue weighted by Gasteiger charge is -2.04. The van der Waals surface area contributed by atoms with E-state index in [1.807, 2.05) is 0 Å². The van der Waals surface area contributed by atoms with Gasteiger partial charge in [-0.2, -0.15) is 0 Å². The number of halogens is 2. The fraction of sp³-hybridized carbons (Fsp3) is 0.125. The molecule has 0 fully saturated rings. The number of carboxylic acid groups (broad SMARTS) is 1. The second-order valence-corrected chi connectivity index (χ2v) is 7.26. The van der Waals surface area contributed by atoms with Crippen LogP contribution in [0.15, 0.2) is 18.2 Å². The Kier molecular flexibility index (Phi) is 3.77. The largest absolute Gasteiger partial charge is 0.507 e. The number of alkyl halides is 2. The Bertz CT molecular complexity index is 336. The molecular formula is C8H6I2O3. The van der Waals surface area contributed by atoms with Crippen molar-refractivity contribution in [1.82, 2.24) is 0 Å². The first kappa shape index (κ1) is 11.0. The number of carbonyl (C=O) groups is 1. The van der Waals surface area contributed by atoms with Crippen LogP contribution in [0.5, 0.6) is 5.75 Å². The Morgan fingerprint density at radius 1 is 1.38 bits per heavy atom. The van der Waals surface area contributed by atoms with Crippen LogP contribution in [0, 0.1) is 0 Å². The topological polar surface area (TPSA) is 57.5 Å². The van der Waals surface area contributed by atoms with Crippen LogP contribution in [-0.4, -0.2) is 16.2 Å². The zero-order valence-corrected chi connectivity index (χ0v) is 10.7. The first-order chi connectivity index (χ1) is 6.02. The van der Waals surface area contributed by atoms with Crippen molar-refractivity contribution >= 4 is 51.2 Å². The van der Waals surface area contributed by atoms with Crippen molar-refractivity contribution in [3.05, 3.63) is 29.3 Å². The van der Waals surface area contributed by atoms with Gasteiger partial charge in [-0.05, 0) is 17.7 Å². The van der Waals surface area contributed by atoms with Gasteiger partial charge in [0.25, 0.3) is 0 Å². The molecular weight excluding hydrogens is 398 g/mol. The van der Waals surface area contributed by atoms with E-state index in [1.54, 1.807) is 6.07 Å². The molecule has 0 amide bonds. The first-order valence-electron chi connectivity index (χ1n) is 3.36. The van der Waals surface area contributed by atoms with Crippen LogP contribution in [0.2, 0.25) is 0 Å². The third kappa shape index (κ3) is 2.70. The average molecular weight is 404 g/mol. The molecule has 70 valence electrons. The molecule has 0 spiro atoms. The lowest BCUT2D eigenvalue weighted by molar-refractivity contribution is 0.0693. The van der Waals surface area contributed by atoms with Gasteiger partial charge in [0.15, 0.2) is 0 Å². The lowest BCUT2D eigenvalue weighted by atomic mass is 10.1. The van der Waals surface area contributed by atoms with Crippen molar-refractivity contribution in [2.24, 2.45) is 0 Å². The molecule has 1 aromatic carbocycles. The maximum atomic E-state index is 10.6. The highest BCUT2D eigenvalue weighted by molar-refractivity contribution is 14.2. The fourth-order valence-electron chi connectivity index (χ4n) is 0.861. The number of rotatable bonds is 2. The molecule has 0 bridgehead atoms. The van der Waals surface area contributed by atoms with Gasteiger partial charge in [-0.1, -0.05) is 51.2 Å². The van der Waals surface area contributed by atoms with Gasteiger partial charge in [0.05, 0.1) is 1.93 Å². The van der Waals surface area contributed by atoms with Gasteiger partial charge in [0.1, 0.15) is 11.3 Å². The summed E-state index contributed by atoms with van der Waals surface area (Å²) in [6.07, 6.45) is 0. The summed E-state index contributed by atoms with van der Waals surface area (Å²) in [7, 11) is 0. The Labute approximate surface area is 102 Å². The molecule has 1 aromatic rings. The minimum atomic E-state index is -1.10. The van der Waals surface area contributed by atoms with Crippen LogP contribution < -0.4 is 0 Å². The highest BCUT2D eigenvalue weighted by Gasteiger charge is 2.12. The van der Waals surface area contributed by atoms with Crippen molar-refractivity contribution in [3.63, 3.8) is 0 Å². The predicted molar refractivity (Wildman–Crippen MR) is 65.8 cm³/mol. The normalized spacial score (nSPS) is 10.4. The Balaban J connectivity index is 3.19. The smallest absolute Gasteiger partial charge is 0.339 e. The molecule has 13 heavy (non-hydrogen) atoms. The van der Waals surface area contributed by atoms with Gasteiger partial charge in [-0.3, -0.25) is 0 Å². The average Bonchev–Trinajstić information content (AvgIpc) is 2.04. The maximum absolute atomic E-state index is 10.6. The molecule has 0 atom stereocenters. The van der Waals surface area contributed by atoms with Gasteiger partial charge in [0, 0.05) is 0 Å². The quantitative estimate of drug-likeness (QED) is 0.589. The van der Waals surface area contributed by atoms with Crippen molar-refractivity contribution in [2.75, 3.05) is 0 Å². The Morgan fingerprint density at radius 3 is 2.46 bits per heavy atom. The molecule has 0 aliphatic carbocycles. The monoisotopic (exact) mass is 404 g/mol. The van der Waals surface area contributed by atoms with E-state index in [9.17, 15) is 9.90 Å². The Hall–Kier alpha value is -0.0500. The summed E-state index contributed by atoms with van der Waals surface area (Å²) in [5.74, 6) is -1.29. The minimum absolute atomic E-state index is 0.0455. The molecule has 0 saturated heterocycles. The standard InChI is InChI=1S/C8H6I2O3/c9-7(10)4-1-2-6(11)5(3-4)8(12)13/h1-3,7,11H,(H,12,13). The number of hydrogen-bond donors (Lipinski definition) is 2. The van der Waals surface area contributed by atoms with E-state index in [0.717, 1.165) is 5.56 Å². The number of benzene rings is 1. The first-order valence-corrected chi connectivity index (χ1v) is 5.86. The maximum Gasteiger partial charge on any atom is 0.339 e. The second-order valence-electron chi connectivity index (χ2n) is 2.38. The summed E-state index contributed by atoms with van der Waals surface area (Å²) >= 11 is 4.34. The van der Waals surface area contributed by atoms with E-state index in [2.05, 4.69) is 45.2 Å². The van der Waals surface area contributed by atoms with Gasteiger partial charge >= 0.3 is 5.97 Å². The molecule has 0 aliphatic rings. The van der Waals surface area contributed by atoms with Crippen molar-refractivity contribution in [3.8, 4) is 5.75 Å². The fourth-order valence-corrected chi connectivity index (χ4v) is 1.64. The van der Waals surface area contributed by atoms with E-state index in [1.165, 1.54) is 12.1 Å². The van der Waals surface area contributed by atoms with Crippen molar-refractivity contribution in [2.45, 2.75) is 1.93 Å². The highest BCUT2D eigenvalue weighted by atomic mass is 127. The summed E-state index contributed by atoms with van der Waals surface area (Å²) in [6.45, 7) is 0. The van der Waals surface area contributed by atoms with Gasteiger partial charge < -0.3 is 10.2 Å². The van der Waals surface area contributed by atoms with Gasteiger partial charge in [-0.15, -0.1) is 0 Å². The van der Waals surface area contributed by atoms with Crippen LogP contribution in [0.3, 0.4) is 0 Å². The molecule has 0 radical (unpaired) electrons. The number of carboxylic acids is 1. The molecule has 1 rings (SSSR count). The number of aromatic carboxylic acids is 1. The van der Waals surface area contributed by atoms with E-state index < -0.39 is 5.97 Å². The lowest BCUT2D eigenvalue weighted by Crippen LogP contribution is -1.97. The summed E-state index contributed by atoms with van der Waals surface area (Å²) < 4.78 is 0.203. The van der Waals surface area contributed by atoms with Crippen LogP contribution in [0.4, 0.5) is 0 Å².